The molecule has 3 rings (SSSR count). The molecule has 0 amide bonds. The molecule has 0 bridgehead atoms. The molecule has 0 aliphatic heterocycles. The van der Waals surface area contributed by atoms with Crippen molar-refractivity contribution >= 4 is 0 Å². The third kappa shape index (κ3) is 1.95. The fourth-order valence-electron chi connectivity index (χ4n) is 3.51. The van der Waals surface area contributed by atoms with Crippen LogP contribution in [0.4, 0.5) is 0 Å². The molecule has 92 valence electrons. The minimum absolute atomic E-state index is 0.0566. The summed E-state index contributed by atoms with van der Waals surface area (Å²) >= 11 is 0. The molecule has 1 saturated carbocycles. The Balaban J connectivity index is 1.82. The highest BCUT2D eigenvalue weighted by Gasteiger charge is 2.39. The quantitative estimate of drug-likeness (QED) is 0.806. The lowest BCUT2D eigenvalue weighted by Gasteiger charge is -2.35. The molecule has 0 heterocycles. The van der Waals surface area contributed by atoms with Gasteiger partial charge in [0.2, 0.25) is 0 Å². The third-order valence-corrected chi connectivity index (χ3v) is 4.56. The zero-order valence-electron chi connectivity index (χ0n) is 10.4. The topological polar surface area (TPSA) is 29.5 Å². The first-order valence-corrected chi connectivity index (χ1v) is 6.55. The van der Waals surface area contributed by atoms with Crippen LogP contribution in [0.1, 0.15) is 36.8 Å². The normalized spacial score (nSPS) is 31.5. The molecule has 1 N–H and O–H groups in total. The Labute approximate surface area is 103 Å². The fourth-order valence-corrected chi connectivity index (χ4v) is 3.51. The van der Waals surface area contributed by atoms with Crippen LogP contribution in [0.15, 0.2) is 18.2 Å². The van der Waals surface area contributed by atoms with Gasteiger partial charge in [-0.15, -0.1) is 0 Å². The van der Waals surface area contributed by atoms with E-state index in [4.69, 9.17) is 4.74 Å². The molecule has 1 spiro atoms. The molecule has 1 fully saturated rings. The van der Waals surface area contributed by atoms with Gasteiger partial charge in [-0.2, -0.15) is 0 Å². The Hall–Kier alpha value is -1.02. The van der Waals surface area contributed by atoms with Crippen LogP contribution in [0.25, 0.3) is 0 Å². The van der Waals surface area contributed by atoms with Gasteiger partial charge in [0.05, 0.1) is 13.2 Å². The minimum Gasteiger partial charge on any atom is -0.497 e. The summed E-state index contributed by atoms with van der Waals surface area (Å²) in [5.41, 5.74) is 3.39. The van der Waals surface area contributed by atoms with Crippen molar-refractivity contribution < 1.29 is 9.84 Å². The number of aliphatic hydroxyl groups excluding tert-OH is 1. The van der Waals surface area contributed by atoms with Crippen molar-refractivity contribution in [2.24, 2.45) is 5.41 Å². The predicted octanol–water partition coefficient (Wildman–Crippen LogP) is 2.72. The van der Waals surface area contributed by atoms with Crippen LogP contribution in [0.2, 0.25) is 0 Å². The van der Waals surface area contributed by atoms with E-state index in [1.165, 1.54) is 36.8 Å². The van der Waals surface area contributed by atoms with Crippen LogP contribution in [0, 0.1) is 5.41 Å². The van der Waals surface area contributed by atoms with Crippen LogP contribution in [-0.2, 0) is 12.8 Å². The van der Waals surface area contributed by atoms with Crippen molar-refractivity contribution in [2.75, 3.05) is 7.11 Å². The SMILES string of the molecule is COc1ccc2c(c1)CC1(CCC(O)CC1)C2. The van der Waals surface area contributed by atoms with Gasteiger partial charge < -0.3 is 9.84 Å². The van der Waals surface area contributed by atoms with Gasteiger partial charge in [-0.25, -0.2) is 0 Å². The van der Waals surface area contributed by atoms with Gasteiger partial charge in [-0.1, -0.05) is 6.07 Å². The highest BCUT2D eigenvalue weighted by Crippen LogP contribution is 2.47. The summed E-state index contributed by atoms with van der Waals surface area (Å²) in [6, 6.07) is 6.47. The minimum atomic E-state index is -0.0566. The van der Waals surface area contributed by atoms with Crippen molar-refractivity contribution in [2.45, 2.75) is 44.6 Å². The summed E-state index contributed by atoms with van der Waals surface area (Å²) in [7, 11) is 1.73. The summed E-state index contributed by atoms with van der Waals surface area (Å²) in [6.07, 6.45) is 6.61. The van der Waals surface area contributed by atoms with Gasteiger partial charge in [0.1, 0.15) is 5.75 Å². The molecule has 0 radical (unpaired) electrons. The summed E-state index contributed by atoms with van der Waals surface area (Å²) in [5, 5.41) is 9.63. The van der Waals surface area contributed by atoms with Gasteiger partial charge in [0, 0.05) is 0 Å². The van der Waals surface area contributed by atoms with E-state index in [1.54, 1.807) is 7.11 Å². The predicted molar refractivity (Wildman–Crippen MR) is 67.3 cm³/mol. The lowest BCUT2D eigenvalue weighted by atomic mass is 9.71. The van der Waals surface area contributed by atoms with Gasteiger partial charge >= 0.3 is 0 Å². The maximum atomic E-state index is 9.63. The number of rotatable bonds is 1. The number of hydrogen-bond donors (Lipinski definition) is 1. The molecule has 2 aliphatic rings. The summed E-state index contributed by atoms with van der Waals surface area (Å²) in [6.45, 7) is 0. The van der Waals surface area contributed by atoms with Crippen molar-refractivity contribution in [1.82, 2.24) is 0 Å². The van der Waals surface area contributed by atoms with Gasteiger partial charge in [-0.3, -0.25) is 0 Å². The Morgan fingerprint density at radius 1 is 1.18 bits per heavy atom. The number of methoxy groups -OCH3 is 1. The highest BCUT2D eigenvalue weighted by molar-refractivity contribution is 5.40. The van der Waals surface area contributed by atoms with Crippen LogP contribution < -0.4 is 4.74 Å². The summed E-state index contributed by atoms with van der Waals surface area (Å²) in [5.74, 6) is 0.969. The molecular formula is C15H20O2. The molecule has 0 unspecified atom stereocenters. The molecule has 0 aromatic heterocycles. The van der Waals surface area contributed by atoms with E-state index in [2.05, 4.69) is 18.2 Å². The van der Waals surface area contributed by atoms with E-state index in [1.807, 2.05) is 0 Å². The standard InChI is InChI=1S/C15H20O2/c1-17-14-3-2-11-9-15(10-12(11)8-14)6-4-13(16)5-7-15/h2-3,8,13,16H,4-7,9-10H2,1H3. The first-order valence-electron chi connectivity index (χ1n) is 6.55. The second-order valence-electron chi connectivity index (χ2n) is 5.72. The Kier molecular flexibility index (Phi) is 2.62. The van der Waals surface area contributed by atoms with Crippen molar-refractivity contribution in [3.8, 4) is 5.75 Å². The average molecular weight is 232 g/mol. The maximum absolute atomic E-state index is 9.63. The number of benzene rings is 1. The molecule has 1 aromatic rings. The lowest BCUT2D eigenvalue weighted by Crippen LogP contribution is -2.30. The molecule has 2 aliphatic carbocycles. The van der Waals surface area contributed by atoms with Crippen molar-refractivity contribution in [3.63, 3.8) is 0 Å². The molecule has 0 atom stereocenters. The summed E-state index contributed by atoms with van der Waals surface area (Å²) < 4.78 is 5.29. The first-order chi connectivity index (χ1) is 8.21. The van der Waals surface area contributed by atoms with Crippen LogP contribution in [0.3, 0.4) is 0 Å². The van der Waals surface area contributed by atoms with Crippen molar-refractivity contribution in [3.05, 3.63) is 29.3 Å². The Bertz CT molecular complexity index is 417. The molecular weight excluding hydrogens is 212 g/mol. The second kappa shape index (κ2) is 4.02. The van der Waals surface area contributed by atoms with Crippen molar-refractivity contribution in [1.29, 1.82) is 0 Å². The first kappa shape index (κ1) is 11.1. The number of fused-ring (bicyclic) bond motifs is 1. The zero-order valence-corrected chi connectivity index (χ0v) is 10.4. The number of ether oxygens (including phenoxy) is 1. The molecule has 1 aromatic carbocycles. The Morgan fingerprint density at radius 3 is 2.59 bits per heavy atom. The van der Waals surface area contributed by atoms with E-state index < -0.39 is 0 Å². The van der Waals surface area contributed by atoms with E-state index in [0.717, 1.165) is 18.6 Å². The smallest absolute Gasteiger partial charge is 0.119 e. The fraction of sp³-hybridized carbons (Fsp3) is 0.600. The highest BCUT2D eigenvalue weighted by atomic mass is 16.5. The van der Waals surface area contributed by atoms with Crippen LogP contribution >= 0.6 is 0 Å². The largest absolute Gasteiger partial charge is 0.497 e. The van der Waals surface area contributed by atoms with Gasteiger partial charge in [0.15, 0.2) is 0 Å². The molecule has 2 heteroatoms. The number of aliphatic hydroxyl groups is 1. The maximum Gasteiger partial charge on any atom is 0.119 e. The average Bonchev–Trinajstić information content (AvgIpc) is 2.70. The van der Waals surface area contributed by atoms with E-state index in [9.17, 15) is 5.11 Å². The second-order valence-corrected chi connectivity index (χ2v) is 5.72. The molecule has 17 heavy (non-hydrogen) atoms. The monoisotopic (exact) mass is 232 g/mol. The third-order valence-electron chi connectivity index (χ3n) is 4.56. The molecule has 0 saturated heterocycles. The number of hydrogen-bond acceptors (Lipinski definition) is 2. The van der Waals surface area contributed by atoms with Crippen LogP contribution in [0.5, 0.6) is 5.75 Å². The summed E-state index contributed by atoms with van der Waals surface area (Å²) in [4.78, 5) is 0. The Morgan fingerprint density at radius 2 is 1.88 bits per heavy atom. The van der Waals surface area contributed by atoms with Crippen LogP contribution in [-0.4, -0.2) is 18.3 Å². The van der Waals surface area contributed by atoms with Gasteiger partial charge in [0.25, 0.3) is 0 Å². The molecule has 2 nitrogen and oxygen atoms in total. The lowest BCUT2D eigenvalue weighted by molar-refractivity contribution is 0.0675. The van der Waals surface area contributed by atoms with E-state index in [-0.39, 0.29) is 6.10 Å². The zero-order chi connectivity index (χ0) is 11.9. The van der Waals surface area contributed by atoms with E-state index >= 15 is 0 Å². The van der Waals surface area contributed by atoms with E-state index in [0.29, 0.717) is 5.41 Å². The van der Waals surface area contributed by atoms with Gasteiger partial charge in [-0.05, 0) is 67.2 Å².